The number of thiazole rings is 1. The highest BCUT2D eigenvalue weighted by Gasteiger charge is 2.38. The van der Waals surface area contributed by atoms with Crippen molar-refractivity contribution in [2.45, 2.75) is 20.3 Å². The summed E-state index contributed by atoms with van der Waals surface area (Å²) in [7, 11) is 3.18. The third-order valence-electron chi connectivity index (χ3n) is 6.54. The molecule has 0 spiro atoms. The van der Waals surface area contributed by atoms with Gasteiger partial charge in [0.15, 0.2) is 5.13 Å². The van der Waals surface area contributed by atoms with Gasteiger partial charge in [0.25, 0.3) is 0 Å². The molecule has 8 nitrogen and oxygen atoms in total. The van der Waals surface area contributed by atoms with Crippen molar-refractivity contribution in [1.82, 2.24) is 9.88 Å². The van der Waals surface area contributed by atoms with Gasteiger partial charge in [-0.05, 0) is 49.5 Å². The molecule has 0 aliphatic carbocycles. The Hall–Kier alpha value is -3.24. The van der Waals surface area contributed by atoms with Crippen molar-refractivity contribution in [3.63, 3.8) is 0 Å². The molecule has 0 bridgehead atoms. The second kappa shape index (κ2) is 11.2. The first kappa shape index (κ1) is 25.8. The largest absolute Gasteiger partial charge is 0.495 e. The number of fused-ring (bicyclic) bond motifs is 1. The van der Waals surface area contributed by atoms with Gasteiger partial charge >= 0.3 is 0 Å². The third-order valence-corrected chi connectivity index (χ3v) is 7.64. The van der Waals surface area contributed by atoms with E-state index in [4.69, 9.17) is 14.5 Å². The highest BCUT2D eigenvalue weighted by molar-refractivity contribution is 7.22. The van der Waals surface area contributed by atoms with Crippen LogP contribution in [-0.4, -0.2) is 68.6 Å². The van der Waals surface area contributed by atoms with E-state index >= 15 is 0 Å². The Labute approximate surface area is 214 Å². The molecule has 1 atom stereocenters. The normalized spacial score (nSPS) is 15.7. The molecule has 36 heavy (non-hydrogen) atoms. The van der Waals surface area contributed by atoms with E-state index in [1.165, 1.54) is 23.5 Å². The summed E-state index contributed by atoms with van der Waals surface area (Å²) < 4.78 is 25.2. The zero-order valence-electron chi connectivity index (χ0n) is 21.0. The number of nitrogens with zero attached hydrogens (tertiary/aromatic N) is 4. The highest BCUT2D eigenvalue weighted by Crippen LogP contribution is 2.40. The Morgan fingerprint density at radius 2 is 1.75 bits per heavy atom. The molecule has 2 heterocycles. The summed E-state index contributed by atoms with van der Waals surface area (Å²) in [5, 5.41) is 0.539. The van der Waals surface area contributed by atoms with Gasteiger partial charge in [0, 0.05) is 31.7 Å². The van der Waals surface area contributed by atoms with Gasteiger partial charge in [-0.1, -0.05) is 25.2 Å². The predicted octanol–water partition coefficient (Wildman–Crippen LogP) is 4.18. The molecule has 1 aliphatic rings. The van der Waals surface area contributed by atoms with Gasteiger partial charge in [0.05, 0.1) is 20.1 Å². The molecule has 1 saturated heterocycles. The van der Waals surface area contributed by atoms with Crippen LogP contribution in [0.1, 0.15) is 20.3 Å². The summed E-state index contributed by atoms with van der Waals surface area (Å²) in [4.78, 5) is 36.9. The molecule has 1 unspecified atom stereocenters. The lowest BCUT2D eigenvalue weighted by atomic mass is 10.1. The number of hydrogen-bond donors (Lipinski definition) is 0. The highest BCUT2D eigenvalue weighted by atomic mass is 32.1. The van der Waals surface area contributed by atoms with Crippen LogP contribution in [0.3, 0.4) is 0 Å². The number of rotatable bonds is 10. The van der Waals surface area contributed by atoms with Crippen LogP contribution in [0.25, 0.3) is 10.2 Å². The summed E-state index contributed by atoms with van der Waals surface area (Å²) in [5.74, 6) is 0.0398. The van der Waals surface area contributed by atoms with Crippen molar-refractivity contribution in [3.8, 4) is 11.5 Å². The van der Waals surface area contributed by atoms with E-state index in [1.54, 1.807) is 42.2 Å². The molecule has 0 radical (unpaired) electrons. The SMILES string of the molecule is CCN(CC)CCN(C(=O)C1CC(=O)N(c2ccc(F)cc2)C1)c1nc2c(OC)ccc(OC)c2s1. The van der Waals surface area contributed by atoms with Gasteiger partial charge in [-0.15, -0.1) is 0 Å². The summed E-state index contributed by atoms with van der Waals surface area (Å²) in [6, 6.07) is 9.37. The molecule has 0 N–H and O–H groups in total. The maximum Gasteiger partial charge on any atom is 0.234 e. The monoisotopic (exact) mass is 514 g/mol. The van der Waals surface area contributed by atoms with E-state index in [2.05, 4.69) is 18.7 Å². The first-order chi connectivity index (χ1) is 17.4. The van der Waals surface area contributed by atoms with Crippen molar-refractivity contribution < 1.29 is 23.5 Å². The molecule has 3 aromatic rings. The van der Waals surface area contributed by atoms with E-state index in [0.717, 1.165) is 17.8 Å². The Balaban J connectivity index is 1.66. The van der Waals surface area contributed by atoms with Crippen molar-refractivity contribution >= 4 is 44.2 Å². The van der Waals surface area contributed by atoms with E-state index in [0.29, 0.717) is 40.9 Å². The van der Waals surface area contributed by atoms with Gasteiger partial charge in [0.2, 0.25) is 11.8 Å². The number of halogens is 1. The molecule has 1 aliphatic heterocycles. The van der Waals surface area contributed by atoms with Gasteiger partial charge in [-0.2, -0.15) is 0 Å². The number of likely N-dealkylation sites (N-methyl/N-ethyl adjacent to an activating group) is 1. The number of carbonyl (C=O) groups excluding carboxylic acids is 2. The summed E-state index contributed by atoms with van der Waals surface area (Å²) in [6.45, 7) is 7.24. The van der Waals surface area contributed by atoms with E-state index in [9.17, 15) is 14.0 Å². The number of amides is 2. The van der Waals surface area contributed by atoms with Crippen LogP contribution in [-0.2, 0) is 9.59 Å². The number of benzene rings is 2. The van der Waals surface area contributed by atoms with Crippen LogP contribution >= 0.6 is 11.3 Å². The number of anilines is 2. The molecule has 192 valence electrons. The molecule has 1 aromatic heterocycles. The van der Waals surface area contributed by atoms with Crippen molar-refractivity contribution in [2.24, 2.45) is 5.92 Å². The predicted molar refractivity (Wildman–Crippen MR) is 140 cm³/mol. The Bertz CT molecular complexity index is 1190. The minimum Gasteiger partial charge on any atom is -0.495 e. The molecule has 1 fully saturated rings. The van der Waals surface area contributed by atoms with Crippen LogP contribution in [0.5, 0.6) is 11.5 Å². The lowest BCUT2D eigenvalue weighted by Gasteiger charge is -2.26. The zero-order chi connectivity index (χ0) is 25.8. The van der Waals surface area contributed by atoms with Crippen LogP contribution < -0.4 is 19.3 Å². The number of carbonyl (C=O) groups is 2. The average molecular weight is 515 g/mol. The van der Waals surface area contributed by atoms with Gasteiger partial charge in [0.1, 0.15) is 27.5 Å². The summed E-state index contributed by atoms with van der Waals surface area (Å²) >= 11 is 1.37. The zero-order valence-corrected chi connectivity index (χ0v) is 21.8. The van der Waals surface area contributed by atoms with Crippen LogP contribution in [0.15, 0.2) is 36.4 Å². The molecular weight excluding hydrogens is 483 g/mol. The maximum absolute atomic E-state index is 13.9. The fourth-order valence-corrected chi connectivity index (χ4v) is 5.54. The Kier molecular flexibility index (Phi) is 8.05. The summed E-state index contributed by atoms with van der Waals surface area (Å²) in [6.07, 6.45) is 0.0928. The number of aromatic nitrogens is 1. The molecular formula is C26H31FN4O4S. The van der Waals surface area contributed by atoms with Crippen LogP contribution in [0.2, 0.25) is 0 Å². The number of hydrogen-bond acceptors (Lipinski definition) is 7. The quantitative estimate of drug-likeness (QED) is 0.404. The molecule has 2 amide bonds. The molecule has 2 aromatic carbocycles. The lowest BCUT2D eigenvalue weighted by molar-refractivity contribution is -0.124. The standard InChI is InChI=1S/C26H31FN4O4S/c1-5-29(6-2)13-14-30(26-28-23-20(34-3)11-12-21(35-4)24(23)36-26)25(33)17-15-22(32)31(16-17)19-9-7-18(27)8-10-19/h7-12,17H,5-6,13-16H2,1-4H3. The minimum atomic E-state index is -0.532. The fraction of sp³-hybridized carbons (Fsp3) is 0.423. The van der Waals surface area contributed by atoms with Crippen molar-refractivity contribution in [2.75, 3.05) is 56.7 Å². The van der Waals surface area contributed by atoms with E-state index in [-0.39, 0.29) is 30.6 Å². The maximum atomic E-state index is 13.9. The smallest absolute Gasteiger partial charge is 0.234 e. The average Bonchev–Trinajstić information content (AvgIpc) is 3.50. The van der Waals surface area contributed by atoms with Gasteiger partial charge < -0.3 is 19.3 Å². The third kappa shape index (κ3) is 5.15. The number of methoxy groups -OCH3 is 2. The second-order valence-electron chi connectivity index (χ2n) is 8.54. The van der Waals surface area contributed by atoms with E-state index in [1.807, 2.05) is 6.07 Å². The van der Waals surface area contributed by atoms with Gasteiger partial charge in [-0.3, -0.25) is 14.5 Å². The fourth-order valence-electron chi connectivity index (χ4n) is 4.44. The topological polar surface area (TPSA) is 75.2 Å². The lowest BCUT2D eigenvalue weighted by Crippen LogP contribution is -2.42. The first-order valence-electron chi connectivity index (χ1n) is 12.0. The minimum absolute atomic E-state index is 0.0928. The van der Waals surface area contributed by atoms with Crippen molar-refractivity contribution in [1.29, 1.82) is 0 Å². The van der Waals surface area contributed by atoms with E-state index < -0.39 is 5.92 Å². The first-order valence-corrected chi connectivity index (χ1v) is 12.8. The molecule has 10 heteroatoms. The van der Waals surface area contributed by atoms with Gasteiger partial charge in [-0.25, -0.2) is 9.37 Å². The Morgan fingerprint density at radius 1 is 1.08 bits per heavy atom. The number of ether oxygens (including phenoxy) is 2. The van der Waals surface area contributed by atoms with Crippen LogP contribution in [0, 0.1) is 11.7 Å². The second-order valence-corrected chi connectivity index (χ2v) is 9.52. The summed E-state index contributed by atoms with van der Waals surface area (Å²) in [5.41, 5.74) is 1.22. The Morgan fingerprint density at radius 3 is 2.39 bits per heavy atom. The molecule has 4 rings (SSSR count). The molecule has 0 saturated carbocycles. The van der Waals surface area contributed by atoms with Crippen molar-refractivity contribution in [3.05, 3.63) is 42.2 Å². The van der Waals surface area contributed by atoms with Crippen LogP contribution in [0.4, 0.5) is 15.2 Å².